The van der Waals surface area contributed by atoms with Crippen LogP contribution in [-0.2, 0) is 6.18 Å². The molecule has 0 aromatic heterocycles. The Hall–Kier alpha value is -1.52. The van der Waals surface area contributed by atoms with E-state index in [1.165, 1.54) is 44.2 Å². The largest absolute Gasteiger partial charge is 0.416 e. The predicted octanol–water partition coefficient (Wildman–Crippen LogP) is 6.84. The molecule has 1 N–H and O–H groups in total. The van der Waals surface area contributed by atoms with Crippen molar-refractivity contribution in [2.75, 3.05) is 0 Å². The standard InChI is InChI=1S/C23H32F3NO/c1-2-3-4-5-8-17-9-6-7-10-21(17)27-22(28)19-14-13-18(23(24,25)26)15-20(19)16-11-12-16/h13-17,21H,2-12H2,1H3,(H,27,28)/t17-,21+/m1/s1. The highest BCUT2D eigenvalue weighted by molar-refractivity contribution is 5.96. The Morgan fingerprint density at radius 3 is 2.50 bits per heavy atom. The van der Waals surface area contributed by atoms with Crippen LogP contribution in [-0.4, -0.2) is 11.9 Å². The van der Waals surface area contributed by atoms with Gasteiger partial charge in [-0.15, -0.1) is 0 Å². The van der Waals surface area contributed by atoms with E-state index in [9.17, 15) is 18.0 Å². The monoisotopic (exact) mass is 395 g/mol. The van der Waals surface area contributed by atoms with Gasteiger partial charge in [0, 0.05) is 11.6 Å². The molecule has 0 radical (unpaired) electrons. The second-order valence-electron chi connectivity index (χ2n) is 8.55. The van der Waals surface area contributed by atoms with E-state index in [0.29, 0.717) is 17.0 Å². The van der Waals surface area contributed by atoms with Crippen molar-refractivity contribution < 1.29 is 18.0 Å². The van der Waals surface area contributed by atoms with E-state index in [2.05, 4.69) is 12.2 Å². The van der Waals surface area contributed by atoms with Gasteiger partial charge in [0.25, 0.3) is 5.91 Å². The first-order valence-electron chi connectivity index (χ1n) is 10.9. The number of benzene rings is 1. The molecule has 2 aliphatic carbocycles. The van der Waals surface area contributed by atoms with Gasteiger partial charge in [-0.2, -0.15) is 13.2 Å². The zero-order chi connectivity index (χ0) is 20.1. The minimum absolute atomic E-state index is 0.0965. The van der Waals surface area contributed by atoms with Crippen LogP contribution in [0.15, 0.2) is 18.2 Å². The van der Waals surface area contributed by atoms with E-state index >= 15 is 0 Å². The first-order valence-corrected chi connectivity index (χ1v) is 10.9. The van der Waals surface area contributed by atoms with Gasteiger partial charge in [-0.25, -0.2) is 0 Å². The van der Waals surface area contributed by atoms with Crippen LogP contribution in [0, 0.1) is 5.92 Å². The Balaban J connectivity index is 1.69. The molecule has 2 aliphatic rings. The van der Waals surface area contributed by atoms with Crippen molar-refractivity contribution in [2.45, 2.75) is 95.7 Å². The van der Waals surface area contributed by atoms with E-state index in [1.807, 2.05) is 0 Å². The summed E-state index contributed by atoms with van der Waals surface area (Å²) >= 11 is 0. The average Bonchev–Trinajstić information content (AvgIpc) is 3.50. The second kappa shape index (κ2) is 9.32. The number of amides is 1. The zero-order valence-corrected chi connectivity index (χ0v) is 16.8. The summed E-state index contributed by atoms with van der Waals surface area (Å²) < 4.78 is 39.2. The van der Waals surface area contributed by atoms with Crippen molar-refractivity contribution in [3.63, 3.8) is 0 Å². The van der Waals surface area contributed by atoms with Crippen molar-refractivity contribution in [1.82, 2.24) is 5.32 Å². The first-order chi connectivity index (χ1) is 13.4. The molecule has 0 aliphatic heterocycles. The maximum Gasteiger partial charge on any atom is 0.416 e. The third kappa shape index (κ3) is 5.51. The highest BCUT2D eigenvalue weighted by Gasteiger charge is 2.35. The molecule has 2 atom stereocenters. The summed E-state index contributed by atoms with van der Waals surface area (Å²) in [6, 6.07) is 3.77. The Labute approximate surface area is 166 Å². The lowest BCUT2D eigenvalue weighted by molar-refractivity contribution is -0.137. The van der Waals surface area contributed by atoms with E-state index in [1.54, 1.807) is 0 Å². The molecular weight excluding hydrogens is 363 g/mol. The van der Waals surface area contributed by atoms with E-state index < -0.39 is 11.7 Å². The van der Waals surface area contributed by atoms with Crippen LogP contribution in [0.3, 0.4) is 0 Å². The minimum atomic E-state index is -4.37. The van der Waals surface area contributed by atoms with E-state index in [-0.39, 0.29) is 17.9 Å². The molecule has 1 amide bonds. The summed E-state index contributed by atoms with van der Waals surface area (Å²) in [4.78, 5) is 13.0. The highest BCUT2D eigenvalue weighted by atomic mass is 19.4. The Kier molecular flexibility index (Phi) is 7.05. The SMILES string of the molecule is CCCCCC[C@@H]1CCCC[C@@H]1NC(=O)c1ccc(C(F)(F)F)cc1C1CC1. The molecule has 0 heterocycles. The van der Waals surface area contributed by atoms with Crippen molar-refractivity contribution in [3.8, 4) is 0 Å². The van der Waals surface area contributed by atoms with Crippen LogP contribution in [0.25, 0.3) is 0 Å². The lowest BCUT2D eigenvalue weighted by Crippen LogP contribution is -2.42. The molecule has 28 heavy (non-hydrogen) atoms. The van der Waals surface area contributed by atoms with Crippen LogP contribution in [0.5, 0.6) is 0 Å². The minimum Gasteiger partial charge on any atom is -0.349 e. The maximum absolute atomic E-state index is 13.1. The molecule has 1 aromatic carbocycles. The van der Waals surface area contributed by atoms with Gasteiger partial charge in [0.05, 0.1) is 5.56 Å². The van der Waals surface area contributed by atoms with Crippen molar-refractivity contribution >= 4 is 5.91 Å². The second-order valence-corrected chi connectivity index (χ2v) is 8.55. The third-order valence-electron chi connectivity index (χ3n) is 6.29. The topological polar surface area (TPSA) is 29.1 Å². The fourth-order valence-electron chi connectivity index (χ4n) is 4.50. The summed E-state index contributed by atoms with van der Waals surface area (Å²) in [5.41, 5.74) is 0.353. The Morgan fingerprint density at radius 2 is 1.82 bits per heavy atom. The van der Waals surface area contributed by atoms with E-state index in [4.69, 9.17) is 0 Å². The lowest BCUT2D eigenvalue weighted by Gasteiger charge is -2.32. The van der Waals surface area contributed by atoms with Crippen LogP contribution in [0.4, 0.5) is 13.2 Å². The van der Waals surface area contributed by atoms with Gasteiger partial charge in [0.1, 0.15) is 0 Å². The number of nitrogens with one attached hydrogen (secondary N) is 1. The number of carbonyl (C=O) groups is 1. The third-order valence-corrected chi connectivity index (χ3v) is 6.29. The Morgan fingerprint density at radius 1 is 1.07 bits per heavy atom. The molecular formula is C23H32F3NO. The van der Waals surface area contributed by atoms with E-state index in [0.717, 1.165) is 44.6 Å². The molecule has 0 bridgehead atoms. The normalized spacial score (nSPS) is 22.9. The molecule has 2 saturated carbocycles. The number of hydrogen-bond donors (Lipinski definition) is 1. The van der Waals surface area contributed by atoms with Gasteiger partial charge in [-0.3, -0.25) is 4.79 Å². The number of rotatable bonds is 8. The highest BCUT2D eigenvalue weighted by Crippen LogP contribution is 2.44. The van der Waals surface area contributed by atoms with Gasteiger partial charge in [0.15, 0.2) is 0 Å². The van der Waals surface area contributed by atoms with Gasteiger partial charge in [0.2, 0.25) is 0 Å². The first kappa shape index (κ1) is 21.2. The molecule has 3 rings (SSSR count). The summed E-state index contributed by atoms with van der Waals surface area (Å²) in [5.74, 6) is 0.397. The smallest absolute Gasteiger partial charge is 0.349 e. The summed E-state index contributed by atoms with van der Waals surface area (Å²) in [7, 11) is 0. The molecule has 0 unspecified atom stereocenters. The maximum atomic E-state index is 13.1. The molecule has 2 fully saturated rings. The van der Waals surface area contributed by atoms with Gasteiger partial charge in [-0.1, -0.05) is 45.4 Å². The van der Waals surface area contributed by atoms with Crippen LogP contribution < -0.4 is 5.32 Å². The quantitative estimate of drug-likeness (QED) is 0.480. The average molecular weight is 396 g/mol. The molecule has 0 spiro atoms. The number of carbonyl (C=O) groups excluding carboxylic acids is 1. The number of hydrogen-bond acceptors (Lipinski definition) is 1. The lowest BCUT2D eigenvalue weighted by atomic mass is 9.81. The molecule has 5 heteroatoms. The number of halogens is 3. The van der Waals surface area contributed by atoms with Gasteiger partial charge < -0.3 is 5.32 Å². The van der Waals surface area contributed by atoms with Crippen LogP contribution in [0.1, 0.15) is 105 Å². The molecule has 0 saturated heterocycles. The molecule has 156 valence electrons. The van der Waals surface area contributed by atoms with Crippen LogP contribution in [0.2, 0.25) is 0 Å². The summed E-state index contributed by atoms with van der Waals surface area (Å²) in [6.07, 6.45) is 7.81. The van der Waals surface area contributed by atoms with Crippen molar-refractivity contribution in [3.05, 3.63) is 34.9 Å². The number of alkyl halides is 3. The summed E-state index contributed by atoms with van der Waals surface area (Å²) in [5, 5.41) is 3.19. The number of unbranched alkanes of at least 4 members (excludes halogenated alkanes) is 3. The Bertz CT molecular complexity index is 666. The molecule has 1 aromatic rings. The zero-order valence-electron chi connectivity index (χ0n) is 16.8. The fraction of sp³-hybridized carbons (Fsp3) is 0.696. The predicted molar refractivity (Wildman–Crippen MR) is 105 cm³/mol. The van der Waals surface area contributed by atoms with Crippen LogP contribution >= 0.6 is 0 Å². The van der Waals surface area contributed by atoms with Gasteiger partial charge >= 0.3 is 6.18 Å². The fourth-order valence-corrected chi connectivity index (χ4v) is 4.50. The molecule has 2 nitrogen and oxygen atoms in total. The van der Waals surface area contributed by atoms with Gasteiger partial charge in [-0.05, 0) is 67.7 Å². The summed E-state index contributed by atoms with van der Waals surface area (Å²) in [6.45, 7) is 2.20. The van der Waals surface area contributed by atoms with Crippen molar-refractivity contribution in [2.24, 2.45) is 5.92 Å². The van der Waals surface area contributed by atoms with Crippen molar-refractivity contribution in [1.29, 1.82) is 0 Å².